The minimum atomic E-state index is -4.73. The first kappa shape index (κ1) is 28.3. The van der Waals surface area contributed by atoms with Crippen molar-refractivity contribution in [1.82, 2.24) is 20.2 Å². The minimum Gasteiger partial charge on any atom is -0.389 e. The number of carbonyl (C=O) groups excluding carboxylic acids is 2. The molecule has 2 amide bonds. The van der Waals surface area contributed by atoms with Crippen molar-refractivity contribution in [3.05, 3.63) is 28.5 Å². The number of thiazole rings is 1. The zero-order valence-corrected chi connectivity index (χ0v) is 22.8. The Balaban J connectivity index is 1.77. The van der Waals surface area contributed by atoms with E-state index in [-0.39, 0.29) is 45.6 Å². The highest BCUT2D eigenvalue weighted by atomic mass is 32.1. The van der Waals surface area contributed by atoms with Crippen molar-refractivity contribution in [3.63, 3.8) is 0 Å². The predicted molar refractivity (Wildman–Crippen MR) is 139 cm³/mol. The Morgan fingerprint density at radius 1 is 1.24 bits per heavy atom. The summed E-state index contributed by atoms with van der Waals surface area (Å²) in [5, 5.41) is 15.4. The highest BCUT2D eigenvalue weighted by Crippen LogP contribution is 2.42. The van der Waals surface area contributed by atoms with Gasteiger partial charge in [-0.15, -0.1) is 11.3 Å². The summed E-state index contributed by atoms with van der Waals surface area (Å²) < 4.78 is 42.9. The van der Waals surface area contributed by atoms with Crippen LogP contribution in [0.15, 0.2) is 12.3 Å². The number of alkyl halides is 3. The average molecular weight is 554 g/mol. The van der Waals surface area contributed by atoms with Crippen molar-refractivity contribution < 1.29 is 27.9 Å². The largest absolute Gasteiger partial charge is 0.417 e. The number of amides is 2. The number of likely N-dealkylation sites (tertiary alicyclic amines) is 1. The molecule has 0 bridgehead atoms. The fraction of sp³-hybridized carbons (Fsp3) is 0.615. The van der Waals surface area contributed by atoms with Crippen LogP contribution in [0.4, 0.5) is 19.0 Å². The van der Waals surface area contributed by atoms with Gasteiger partial charge in [-0.2, -0.15) is 13.2 Å². The average Bonchev–Trinajstić information content (AvgIpc) is 3.60. The molecule has 2 aromatic rings. The molecule has 8 nitrogen and oxygen atoms in total. The summed E-state index contributed by atoms with van der Waals surface area (Å²) in [6.45, 7) is 7.19. The van der Waals surface area contributed by atoms with Gasteiger partial charge in [0.05, 0.1) is 16.0 Å². The van der Waals surface area contributed by atoms with Gasteiger partial charge >= 0.3 is 6.18 Å². The first-order chi connectivity index (χ1) is 17.7. The third-order valence-corrected chi connectivity index (χ3v) is 8.02. The summed E-state index contributed by atoms with van der Waals surface area (Å²) in [7, 11) is 0. The van der Waals surface area contributed by atoms with Crippen LogP contribution in [0.3, 0.4) is 0 Å². The highest BCUT2D eigenvalue weighted by molar-refractivity contribution is 7.17. The summed E-state index contributed by atoms with van der Waals surface area (Å²) in [4.78, 5) is 36.5. The van der Waals surface area contributed by atoms with Crippen molar-refractivity contribution in [3.8, 4) is 10.4 Å². The maximum atomic E-state index is 14.3. The quantitative estimate of drug-likeness (QED) is 0.427. The van der Waals surface area contributed by atoms with E-state index in [1.807, 2.05) is 13.8 Å². The number of piperidine rings is 1. The Morgan fingerprint density at radius 3 is 2.55 bits per heavy atom. The molecule has 2 aromatic heterocycles. The van der Waals surface area contributed by atoms with Crippen LogP contribution in [0.2, 0.25) is 0 Å². The van der Waals surface area contributed by atoms with Crippen LogP contribution in [-0.2, 0) is 6.18 Å². The Labute approximate surface area is 224 Å². The molecule has 0 unspecified atom stereocenters. The number of aliphatic hydroxyl groups is 1. The summed E-state index contributed by atoms with van der Waals surface area (Å²) in [6, 6.07) is 0.843. The van der Waals surface area contributed by atoms with E-state index in [9.17, 15) is 27.9 Å². The SMILES string of the molecule is C[C@H](Nc1cc(C(F)(F)F)c(-c2sc(C(=O)NCC(C)(C)O)nc2C(=O)N2CCCC[C@@H]2C)cn1)C1CC1. The van der Waals surface area contributed by atoms with Crippen LogP contribution in [0.5, 0.6) is 0 Å². The lowest BCUT2D eigenvalue weighted by atomic mass is 10.0. The molecule has 12 heteroatoms. The summed E-state index contributed by atoms with van der Waals surface area (Å²) in [6.07, 6.45) is 0.935. The van der Waals surface area contributed by atoms with Crippen LogP contribution in [0.25, 0.3) is 10.4 Å². The molecule has 38 heavy (non-hydrogen) atoms. The maximum Gasteiger partial charge on any atom is 0.417 e. The number of pyridine rings is 1. The molecular formula is C26H34F3N5O3S. The molecule has 0 radical (unpaired) electrons. The van der Waals surface area contributed by atoms with Gasteiger partial charge in [0, 0.05) is 36.9 Å². The van der Waals surface area contributed by atoms with Gasteiger partial charge in [0.2, 0.25) is 0 Å². The van der Waals surface area contributed by atoms with E-state index in [4.69, 9.17) is 0 Å². The molecule has 4 rings (SSSR count). The number of carbonyl (C=O) groups is 2. The molecular weight excluding hydrogens is 519 g/mol. The van der Waals surface area contributed by atoms with Gasteiger partial charge in [0.25, 0.3) is 11.8 Å². The lowest BCUT2D eigenvalue weighted by molar-refractivity contribution is -0.137. The third kappa shape index (κ3) is 6.63. The normalized spacial score (nSPS) is 19.3. The molecule has 208 valence electrons. The van der Waals surface area contributed by atoms with E-state index in [0.717, 1.165) is 55.7 Å². The van der Waals surface area contributed by atoms with Gasteiger partial charge in [-0.1, -0.05) is 0 Å². The number of anilines is 1. The Hall–Kier alpha value is -2.73. The number of nitrogens with zero attached hydrogens (tertiary/aromatic N) is 3. The number of hydrogen-bond acceptors (Lipinski definition) is 7. The first-order valence-electron chi connectivity index (χ1n) is 12.9. The van der Waals surface area contributed by atoms with Crippen molar-refractivity contribution in [2.45, 2.75) is 83.7 Å². The van der Waals surface area contributed by atoms with E-state index in [2.05, 4.69) is 20.6 Å². The second kappa shape index (κ2) is 10.8. The number of rotatable bonds is 8. The van der Waals surface area contributed by atoms with Crippen LogP contribution in [-0.4, -0.2) is 62.6 Å². The van der Waals surface area contributed by atoms with Crippen molar-refractivity contribution in [1.29, 1.82) is 0 Å². The maximum absolute atomic E-state index is 14.3. The lowest BCUT2D eigenvalue weighted by Crippen LogP contribution is -2.42. The Kier molecular flexibility index (Phi) is 8.04. The van der Waals surface area contributed by atoms with Crippen molar-refractivity contribution in [2.75, 3.05) is 18.4 Å². The molecule has 1 aliphatic heterocycles. The van der Waals surface area contributed by atoms with Crippen molar-refractivity contribution in [2.24, 2.45) is 5.92 Å². The molecule has 0 spiro atoms. The summed E-state index contributed by atoms with van der Waals surface area (Å²) in [5.41, 5.74) is -2.65. The number of halogens is 3. The Morgan fingerprint density at radius 2 is 1.95 bits per heavy atom. The smallest absolute Gasteiger partial charge is 0.389 e. The topological polar surface area (TPSA) is 107 Å². The van der Waals surface area contributed by atoms with E-state index in [1.165, 1.54) is 13.8 Å². The van der Waals surface area contributed by atoms with Crippen LogP contribution < -0.4 is 10.6 Å². The van der Waals surface area contributed by atoms with Crippen LogP contribution >= 0.6 is 11.3 Å². The fourth-order valence-corrected chi connectivity index (χ4v) is 5.55. The monoisotopic (exact) mass is 553 g/mol. The van der Waals surface area contributed by atoms with Gasteiger partial charge in [0.1, 0.15) is 11.5 Å². The standard InChI is InChI=1S/C26H34F3N5O3S/c1-14-7-5-6-10-34(14)24(36)20-21(38-23(33-20)22(35)31-13-25(3,4)37)17-12-30-19(11-18(17)26(27,28)29)32-15(2)16-8-9-16/h11-12,14-16,37H,5-10,13H2,1-4H3,(H,30,32)(H,31,35)/t14-,15-/m0/s1. The highest BCUT2D eigenvalue weighted by Gasteiger charge is 2.38. The van der Waals surface area contributed by atoms with Gasteiger partial charge in [-0.05, 0) is 71.8 Å². The molecule has 1 aliphatic carbocycles. The van der Waals surface area contributed by atoms with E-state index < -0.39 is 29.2 Å². The molecule has 3 N–H and O–H groups in total. The van der Waals surface area contributed by atoms with Crippen LogP contribution in [0, 0.1) is 5.92 Å². The van der Waals surface area contributed by atoms with E-state index in [1.54, 1.807) is 4.90 Å². The molecule has 2 atom stereocenters. The number of aromatic nitrogens is 2. The zero-order valence-electron chi connectivity index (χ0n) is 22.0. The van der Waals surface area contributed by atoms with E-state index >= 15 is 0 Å². The second-order valence-electron chi connectivity index (χ2n) is 10.9. The van der Waals surface area contributed by atoms with Gasteiger partial charge in [-0.3, -0.25) is 9.59 Å². The Bertz CT molecular complexity index is 1190. The first-order valence-corrected chi connectivity index (χ1v) is 13.7. The lowest BCUT2D eigenvalue weighted by Gasteiger charge is -2.33. The molecule has 0 aromatic carbocycles. The fourth-order valence-electron chi connectivity index (χ4n) is 4.55. The van der Waals surface area contributed by atoms with Crippen LogP contribution in [0.1, 0.15) is 85.7 Å². The molecule has 1 saturated heterocycles. The van der Waals surface area contributed by atoms with Gasteiger partial charge < -0.3 is 20.6 Å². The summed E-state index contributed by atoms with van der Waals surface area (Å²) in [5.74, 6) is -0.677. The predicted octanol–water partition coefficient (Wildman–Crippen LogP) is 4.95. The molecule has 3 heterocycles. The number of hydrogen-bond donors (Lipinski definition) is 3. The second-order valence-corrected chi connectivity index (χ2v) is 11.9. The molecule has 2 aliphatic rings. The van der Waals surface area contributed by atoms with Gasteiger partial charge in [-0.25, -0.2) is 9.97 Å². The third-order valence-electron chi connectivity index (χ3n) is 6.93. The van der Waals surface area contributed by atoms with Crippen molar-refractivity contribution >= 4 is 29.0 Å². The zero-order chi connectivity index (χ0) is 27.8. The number of nitrogens with one attached hydrogen (secondary N) is 2. The molecule has 1 saturated carbocycles. The summed E-state index contributed by atoms with van der Waals surface area (Å²) >= 11 is 0.717. The van der Waals surface area contributed by atoms with Gasteiger partial charge in [0.15, 0.2) is 5.01 Å². The van der Waals surface area contributed by atoms with E-state index in [0.29, 0.717) is 12.5 Å². The minimum absolute atomic E-state index is 0.0124. The molecule has 2 fully saturated rings.